The van der Waals surface area contributed by atoms with E-state index in [1.165, 1.54) is 0 Å². The van der Waals surface area contributed by atoms with Crippen molar-refractivity contribution in [3.63, 3.8) is 0 Å². The van der Waals surface area contributed by atoms with Gasteiger partial charge in [0.1, 0.15) is 17.1 Å². The minimum absolute atomic E-state index is 0.177. The summed E-state index contributed by atoms with van der Waals surface area (Å²) in [4.78, 5) is 14.6. The second kappa shape index (κ2) is 9.97. The van der Waals surface area contributed by atoms with Crippen LogP contribution in [0.2, 0.25) is 0 Å². The molecule has 0 fully saturated rings. The van der Waals surface area contributed by atoms with Gasteiger partial charge in [-0.2, -0.15) is 0 Å². The molecule has 0 spiro atoms. The summed E-state index contributed by atoms with van der Waals surface area (Å²) in [6.45, 7) is 0. The number of fused-ring (bicyclic) bond motifs is 1. The standard InChI is InChI=1S/C35H24N4O/c40-32-17-8-7-16-29(32)35-38-34-31(39(35)28-14-5-2-6-15-28)20-21-36-33(34)26-13-9-12-25(22-26)30-19-18-27(23-37-30)24-10-3-1-4-11-24/h1-23,40H. The van der Waals surface area contributed by atoms with Crippen molar-refractivity contribution >= 4 is 11.0 Å². The summed E-state index contributed by atoms with van der Waals surface area (Å²) >= 11 is 0. The lowest BCUT2D eigenvalue weighted by Gasteiger charge is -2.10. The molecule has 7 rings (SSSR count). The molecule has 7 aromatic rings. The van der Waals surface area contributed by atoms with Gasteiger partial charge in [-0.3, -0.25) is 14.5 Å². The Morgan fingerprint density at radius 2 is 1.30 bits per heavy atom. The van der Waals surface area contributed by atoms with E-state index in [1.54, 1.807) is 6.07 Å². The third kappa shape index (κ3) is 4.20. The van der Waals surface area contributed by atoms with Crippen LogP contribution in [0.3, 0.4) is 0 Å². The van der Waals surface area contributed by atoms with Crippen molar-refractivity contribution < 1.29 is 5.11 Å². The first kappa shape index (κ1) is 23.6. The highest BCUT2D eigenvalue weighted by molar-refractivity contribution is 5.94. The molecule has 3 aromatic heterocycles. The minimum atomic E-state index is 0.177. The van der Waals surface area contributed by atoms with Crippen LogP contribution < -0.4 is 0 Å². The number of rotatable bonds is 5. The van der Waals surface area contributed by atoms with Gasteiger partial charge in [-0.05, 0) is 48.0 Å². The minimum Gasteiger partial charge on any atom is -0.507 e. The molecule has 3 heterocycles. The van der Waals surface area contributed by atoms with E-state index < -0.39 is 0 Å². The van der Waals surface area contributed by atoms with Gasteiger partial charge in [-0.25, -0.2) is 4.98 Å². The van der Waals surface area contributed by atoms with Crippen LogP contribution in [0.4, 0.5) is 0 Å². The first-order valence-corrected chi connectivity index (χ1v) is 13.1. The fourth-order valence-electron chi connectivity index (χ4n) is 5.09. The van der Waals surface area contributed by atoms with E-state index in [4.69, 9.17) is 15.0 Å². The van der Waals surface area contributed by atoms with Crippen molar-refractivity contribution in [1.29, 1.82) is 0 Å². The van der Waals surface area contributed by atoms with E-state index in [2.05, 4.69) is 41.0 Å². The smallest absolute Gasteiger partial charge is 0.149 e. The molecule has 190 valence electrons. The molecule has 0 aliphatic rings. The number of phenols is 1. The van der Waals surface area contributed by atoms with Crippen molar-refractivity contribution in [1.82, 2.24) is 19.5 Å². The molecule has 40 heavy (non-hydrogen) atoms. The molecule has 0 amide bonds. The molecule has 0 atom stereocenters. The van der Waals surface area contributed by atoms with Gasteiger partial charge >= 0.3 is 0 Å². The van der Waals surface area contributed by atoms with Crippen LogP contribution in [0.1, 0.15) is 0 Å². The molecule has 0 unspecified atom stereocenters. The van der Waals surface area contributed by atoms with Gasteiger partial charge in [-0.1, -0.05) is 84.9 Å². The SMILES string of the molecule is Oc1ccccc1-c1nc2c(-c3cccc(-c4ccc(-c5ccccc5)cn4)c3)nccc2n1-c1ccccc1. The zero-order chi connectivity index (χ0) is 26.9. The maximum atomic E-state index is 10.7. The Labute approximate surface area is 231 Å². The maximum absolute atomic E-state index is 10.7. The Morgan fingerprint density at radius 3 is 2.08 bits per heavy atom. The van der Waals surface area contributed by atoms with Crippen molar-refractivity contribution in [3.05, 3.63) is 140 Å². The van der Waals surface area contributed by atoms with Gasteiger partial charge in [0.2, 0.25) is 0 Å². The average molecular weight is 517 g/mol. The highest BCUT2D eigenvalue weighted by Gasteiger charge is 2.20. The summed E-state index contributed by atoms with van der Waals surface area (Å²) in [5, 5.41) is 10.7. The van der Waals surface area contributed by atoms with Crippen LogP contribution >= 0.6 is 0 Å². The molecule has 5 nitrogen and oxygen atoms in total. The normalized spacial score (nSPS) is 11.1. The number of benzene rings is 4. The number of pyridine rings is 2. The lowest BCUT2D eigenvalue weighted by Crippen LogP contribution is -1.97. The van der Waals surface area contributed by atoms with Gasteiger partial charge in [0.05, 0.1) is 22.5 Å². The number of aromatic hydroxyl groups is 1. The molecule has 0 bridgehead atoms. The average Bonchev–Trinajstić information content (AvgIpc) is 3.42. The third-order valence-electron chi connectivity index (χ3n) is 7.04. The predicted octanol–water partition coefficient (Wildman–Crippen LogP) is 8.19. The van der Waals surface area contributed by atoms with Gasteiger partial charge in [0.15, 0.2) is 0 Å². The number of nitrogens with zero attached hydrogens (tertiary/aromatic N) is 4. The first-order valence-electron chi connectivity index (χ1n) is 13.1. The second-order valence-corrected chi connectivity index (χ2v) is 9.53. The number of phenolic OH excluding ortho intramolecular Hbond substituents is 1. The van der Waals surface area contributed by atoms with E-state index in [-0.39, 0.29) is 5.75 Å². The monoisotopic (exact) mass is 516 g/mol. The number of para-hydroxylation sites is 2. The zero-order valence-electron chi connectivity index (χ0n) is 21.5. The maximum Gasteiger partial charge on any atom is 0.149 e. The summed E-state index contributed by atoms with van der Waals surface area (Å²) in [5.74, 6) is 0.833. The van der Waals surface area contributed by atoms with Crippen molar-refractivity contribution in [2.75, 3.05) is 0 Å². The zero-order valence-corrected chi connectivity index (χ0v) is 21.5. The van der Waals surface area contributed by atoms with Crippen LogP contribution in [0, 0.1) is 0 Å². The Hall–Kier alpha value is -5.55. The van der Waals surface area contributed by atoms with Crippen LogP contribution in [0.5, 0.6) is 5.75 Å². The summed E-state index contributed by atoms with van der Waals surface area (Å²) in [6, 6.07) is 41.9. The van der Waals surface area contributed by atoms with E-state index in [9.17, 15) is 5.11 Å². The molecule has 0 saturated heterocycles. The molecule has 5 heteroatoms. The predicted molar refractivity (Wildman–Crippen MR) is 160 cm³/mol. The van der Waals surface area contributed by atoms with Gasteiger partial charge in [-0.15, -0.1) is 0 Å². The molecule has 0 aliphatic heterocycles. The second-order valence-electron chi connectivity index (χ2n) is 9.53. The number of imidazole rings is 1. The summed E-state index contributed by atoms with van der Waals surface area (Å²) in [7, 11) is 0. The molecular weight excluding hydrogens is 492 g/mol. The Balaban J connectivity index is 1.36. The molecule has 0 saturated carbocycles. The fraction of sp³-hybridized carbons (Fsp3) is 0. The number of hydrogen-bond acceptors (Lipinski definition) is 4. The van der Waals surface area contributed by atoms with Crippen molar-refractivity contribution in [2.24, 2.45) is 0 Å². The quantitative estimate of drug-likeness (QED) is 0.250. The van der Waals surface area contributed by atoms with Crippen LogP contribution in [0.15, 0.2) is 140 Å². The number of aromatic nitrogens is 4. The van der Waals surface area contributed by atoms with E-state index >= 15 is 0 Å². The van der Waals surface area contributed by atoms with Crippen LogP contribution in [-0.2, 0) is 0 Å². The highest BCUT2D eigenvalue weighted by Crippen LogP contribution is 2.37. The largest absolute Gasteiger partial charge is 0.507 e. The Bertz CT molecular complexity index is 1950. The first-order chi connectivity index (χ1) is 19.8. The van der Waals surface area contributed by atoms with Crippen molar-refractivity contribution in [3.8, 4) is 56.5 Å². The summed E-state index contributed by atoms with van der Waals surface area (Å²) < 4.78 is 2.07. The summed E-state index contributed by atoms with van der Waals surface area (Å²) in [6.07, 6.45) is 3.73. The Morgan fingerprint density at radius 1 is 0.575 bits per heavy atom. The third-order valence-corrected chi connectivity index (χ3v) is 7.04. The van der Waals surface area contributed by atoms with Crippen LogP contribution in [0.25, 0.3) is 61.8 Å². The van der Waals surface area contributed by atoms with E-state index in [1.807, 2.05) is 97.3 Å². The summed E-state index contributed by atoms with van der Waals surface area (Å²) in [5.41, 5.74) is 9.10. The molecule has 0 aliphatic carbocycles. The Kier molecular flexibility index (Phi) is 5.87. The van der Waals surface area contributed by atoms with E-state index in [0.29, 0.717) is 11.4 Å². The van der Waals surface area contributed by atoms with Gasteiger partial charge in [0.25, 0.3) is 0 Å². The lowest BCUT2D eigenvalue weighted by atomic mass is 10.0. The van der Waals surface area contributed by atoms with Gasteiger partial charge < -0.3 is 5.11 Å². The van der Waals surface area contributed by atoms with Gasteiger partial charge in [0, 0.05) is 34.8 Å². The van der Waals surface area contributed by atoms with E-state index in [0.717, 1.165) is 50.4 Å². The molecular formula is C35H24N4O. The van der Waals surface area contributed by atoms with Crippen molar-refractivity contribution in [2.45, 2.75) is 0 Å². The number of hydrogen-bond donors (Lipinski definition) is 1. The molecule has 1 N–H and O–H groups in total. The highest BCUT2D eigenvalue weighted by atomic mass is 16.3. The molecule has 0 radical (unpaired) electrons. The molecule has 4 aromatic carbocycles. The fourth-order valence-corrected chi connectivity index (χ4v) is 5.09. The topological polar surface area (TPSA) is 63.8 Å². The van der Waals surface area contributed by atoms with Crippen LogP contribution in [-0.4, -0.2) is 24.6 Å². The lowest BCUT2D eigenvalue weighted by molar-refractivity contribution is 0.477.